The molecule has 0 radical (unpaired) electrons. The van der Waals surface area contributed by atoms with Crippen molar-refractivity contribution in [3.05, 3.63) is 47.3 Å². The number of hydrogen-bond acceptors (Lipinski definition) is 6. The number of piperidine rings is 1. The fourth-order valence-corrected chi connectivity index (χ4v) is 3.44. The van der Waals surface area contributed by atoms with Crippen LogP contribution < -0.4 is 5.32 Å². The van der Waals surface area contributed by atoms with Crippen molar-refractivity contribution in [2.24, 2.45) is 0 Å². The van der Waals surface area contributed by atoms with Gasteiger partial charge in [-0.15, -0.1) is 0 Å². The molecule has 1 N–H and O–H groups in total. The van der Waals surface area contributed by atoms with E-state index in [1.54, 1.807) is 47.7 Å². The third-order valence-corrected chi connectivity index (χ3v) is 5.14. The summed E-state index contributed by atoms with van der Waals surface area (Å²) in [4.78, 5) is 37.7. The van der Waals surface area contributed by atoms with E-state index >= 15 is 0 Å². The quantitative estimate of drug-likeness (QED) is 0.754. The molecule has 2 amide bonds. The molecule has 3 rings (SSSR count). The van der Waals surface area contributed by atoms with Crippen LogP contribution in [0.3, 0.4) is 0 Å². The first-order valence-electron chi connectivity index (χ1n) is 9.90. The third-order valence-electron chi connectivity index (χ3n) is 5.14. The average Bonchev–Trinajstić information content (AvgIpc) is 3.15. The molecule has 1 aliphatic heterocycles. The molecule has 0 unspecified atom stereocenters. The predicted molar refractivity (Wildman–Crippen MR) is 109 cm³/mol. The van der Waals surface area contributed by atoms with E-state index in [9.17, 15) is 14.4 Å². The SMILES string of the molecule is CCOC(=O)c1cnn(-c2ccc(C(=O)NC3CCN(C(=O)OC)CC3)cc2)c1C. The van der Waals surface area contributed by atoms with Gasteiger partial charge in [0.25, 0.3) is 5.91 Å². The lowest BCUT2D eigenvalue weighted by Crippen LogP contribution is -2.46. The van der Waals surface area contributed by atoms with Crippen molar-refractivity contribution in [2.45, 2.75) is 32.7 Å². The van der Waals surface area contributed by atoms with Gasteiger partial charge in [0.15, 0.2) is 0 Å². The van der Waals surface area contributed by atoms with Crippen LogP contribution in [0.4, 0.5) is 4.79 Å². The van der Waals surface area contributed by atoms with Gasteiger partial charge in [0, 0.05) is 24.7 Å². The van der Waals surface area contributed by atoms with E-state index < -0.39 is 5.97 Å². The summed E-state index contributed by atoms with van der Waals surface area (Å²) in [6, 6.07) is 7.02. The normalized spacial score (nSPS) is 14.3. The number of nitrogens with zero attached hydrogens (tertiary/aromatic N) is 3. The number of rotatable bonds is 5. The molecule has 1 aliphatic rings. The molecule has 0 spiro atoms. The zero-order chi connectivity index (χ0) is 21.7. The zero-order valence-electron chi connectivity index (χ0n) is 17.4. The van der Waals surface area contributed by atoms with Crippen LogP contribution in [-0.2, 0) is 9.47 Å². The summed E-state index contributed by atoms with van der Waals surface area (Å²) in [5.74, 6) is -0.571. The summed E-state index contributed by atoms with van der Waals surface area (Å²) in [6.45, 7) is 4.95. The Kier molecular flexibility index (Phi) is 6.71. The Morgan fingerprint density at radius 3 is 2.43 bits per heavy atom. The monoisotopic (exact) mass is 414 g/mol. The van der Waals surface area contributed by atoms with Crippen LogP contribution in [0.2, 0.25) is 0 Å². The Morgan fingerprint density at radius 2 is 1.83 bits per heavy atom. The van der Waals surface area contributed by atoms with E-state index in [0.29, 0.717) is 49.4 Å². The Morgan fingerprint density at radius 1 is 1.17 bits per heavy atom. The number of methoxy groups -OCH3 is 1. The van der Waals surface area contributed by atoms with E-state index in [4.69, 9.17) is 9.47 Å². The molecule has 1 saturated heterocycles. The highest BCUT2D eigenvalue weighted by Gasteiger charge is 2.24. The smallest absolute Gasteiger partial charge is 0.409 e. The minimum atomic E-state index is -0.407. The number of ether oxygens (including phenoxy) is 2. The number of benzene rings is 1. The van der Waals surface area contributed by atoms with Gasteiger partial charge in [-0.05, 0) is 51.0 Å². The predicted octanol–water partition coefficient (Wildman–Crippen LogP) is 2.32. The molecule has 1 aromatic heterocycles. The Labute approximate surface area is 174 Å². The summed E-state index contributed by atoms with van der Waals surface area (Å²) in [5, 5.41) is 7.27. The molecule has 0 atom stereocenters. The number of carbonyl (C=O) groups is 3. The lowest BCUT2D eigenvalue weighted by molar-refractivity contribution is 0.0525. The second-order valence-electron chi connectivity index (χ2n) is 7.03. The number of amides is 2. The maximum absolute atomic E-state index is 12.6. The van der Waals surface area contributed by atoms with Gasteiger partial charge in [-0.25, -0.2) is 14.3 Å². The molecular formula is C21H26N4O5. The maximum atomic E-state index is 12.6. The summed E-state index contributed by atoms with van der Waals surface area (Å²) < 4.78 is 11.4. The molecule has 30 heavy (non-hydrogen) atoms. The number of nitrogens with one attached hydrogen (secondary N) is 1. The van der Waals surface area contributed by atoms with Crippen molar-refractivity contribution < 1.29 is 23.9 Å². The van der Waals surface area contributed by atoms with Gasteiger partial charge < -0.3 is 19.7 Å². The lowest BCUT2D eigenvalue weighted by atomic mass is 10.0. The van der Waals surface area contributed by atoms with Crippen LogP contribution in [0.1, 0.15) is 46.2 Å². The first-order chi connectivity index (χ1) is 14.4. The van der Waals surface area contributed by atoms with Crippen LogP contribution in [0.15, 0.2) is 30.5 Å². The van der Waals surface area contributed by atoms with E-state index in [1.807, 2.05) is 0 Å². The molecule has 2 heterocycles. The van der Waals surface area contributed by atoms with Crippen LogP contribution in [0.25, 0.3) is 5.69 Å². The average molecular weight is 414 g/mol. The van der Waals surface area contributed by atoms with Crippen LogP contribution >= 0.6 is 0 Å². The Balaban J connectivity index is 1.62. The molecule has 0 saturated carbocycles. The highest BCUT2D eigenvalue weighted by Crippen LogP contribution is 2.17. The Hall–Kier alpha value is -3.36. The standard InChI is InChI=1S/C21H26N4O5/c1-4-30-20(27)18-13-22-25(14(18)2)17-7-5-15(6-8-17)19(26)23-16-9-11-24(12-10-16)21(28)29-3/h5-8,13,16H,4,9-12H2,1-3H3,(H,23,26). The lowest BCUT2D eigenvalue weighted by Gasteiger charge is -2.31. The van der Waals surface area contributed by atoms with Gasteiger partial charge in [-0.3, -0.25) is 4.79 Å². The van der Waals surface area contributed by atoms with Crippen LogP contribution in [0, 0.1) is 6.92 Å². The molecule has 1 fully saturated rings. The molecule has 9 heteroatoms. The molecule has 9 nitrogen and oxygen atoms in total. The molecule has 1 aromatic carbocycles. The van der Waals surface area contributed by atoms with Gasteiger partial charge in [0.2, 0.25) is 0 Å². The number of likely N-dealkylation sites (tertiary alicyclic amines) is 1. The largest absolute Gasteiger partial charge is 0.462 e. The van der Waals surface area contributed by atoms with Crippen LogP contribution in [0.5, 0.6) is 0 Å². The van der Waals surface area contributed by atoms with Gasteiger partial charge >= 0.3 is 12.1 Å². The molecule has 0 bridgehead atoms. The van der Waals surface area contributed by atoms with Crippen molar-refractivity contribution in [2.75, 3.05) is 26.8 Å². The van der Waals surface area contributed by atoms with Crippen molar-refractivity contribution in [3.8, 4) is 5.69 Å². The number of carbonyl (C=O) groups excluding carboxylic acids is 3. The van der Waals surface area contributed by atoms with Gasteiger partial charge in [0.1, 0.15) is 5.56 Å². The highest BCUT2D eigenvalue weighted by molar-refractivity contribution is 5.94. The summed E-state index contributed by atoms with van der Waals surface area (Å²) in [6.07, 6.45) is 2.51. The van der Waals surface area contributed by atoms with Gasteiger partial charge in [-0.1, -0.05) is 0 Å². The zero-order valence-corrected chi connectivity index (χ0v) is 17.4. The summed E-state index contributed by atoms with van der Waals surface area (Å²) in [7, 11) is 1.36. The first-order valence-corrected chi connectivity index (χ1v) is 9.90. The van der Waals surface area contributed by atoms with E-state index in [1.165, 1.54) is 13.3 Å². The number of aromatic nitrogens is 2. The fraction of sp³-hybridized carbons (Fsp3) is 0.429. The molecule has 0 aliphatic carbocycles. The second kappa shape index (κ2) is 9.43. The first kappa shape index (κ1) is 21.4. The summed E-state index contributed by atoms with van der Waals surface area (Å²) in [5.41, 5.74) is 2.36. The van der Waals surface area contributed by atoms with Crippen molar-refractivity contribution in [1.29, 1.82) is 0 Å². The summed E-state index contributed by atoms with van der Waals surface area (Å²) >= 11 is 0. The number of esters is 1. The van der Waals surface area contributed by atoms with E-state index in [0.717, 1.165) is 5.69 Å². The third kappa shape index (κ3) is 4.61. The van der Waals surface area contributed by atoms with Gasteiger partial charge in [0.05, 0.1) is 31.3 Å². The van der Waals surface area contributed by atoms with Crippen molar-refractivity contribution >= 4 is 18.0 Å². The number of hydrogen-bond donors (Lipinski definition) is 1. The van der Waals surface area contributed by atoms with Crippen LogP contribution in [-0.4, -0.2) is 65.5 Å². The van der Waals surface area contributed by atoms with Crippen molar-refractivity contribution in [1.82, 2.24) is 20.0 Å². The topological polar surface area (TPSA) is 103 Å². The maximum Gasteiger partial charge on any atom is 0.409 e. The minimum Gasteiger partial charge on any atom is -0.462 e. The molecule has 160 valence electrons. The fourth-order valence-electron chi connectivity index (χ4n) is 3.44. The van der Waals surface area contributed by atoms with E-state index in [2.05, 4.69) is 10.4 Å². The minimum absolute atomic E-state index is 0.0126. The molecular weight excluding hydrogens is 388 g/mol. The van der Waals surface area contributed by atoms with Gasteiger partial charge in [-0.2, -0.15) is 5.10 Å². The van der Waals surface area contributed by atoms with E-state index in [-0.39, 0.29) is 18.0 Å². The Bertz CT molecular complexity index is 914. The second-order valence-corrected chi connectivity index (χ2v) is 7.03. The molecule has 2 aromatic rings. The van der Waals surface area contributed by atoms with Crippen molar-refractivity contribution in [3.63, 3.8) is 0 Å². The highest BCUT2D eigenvalue weighted by atomic mass is 16.5.